The van der Waals surface area contributed by atoms with Gasteiger partial charge >= 0.3 is 0 Å². The number of anilines is 2. The second-order valence-electron chi connectivity index (χ2n) is 3.72. The molecule has 1 aliphatic heterocycles. The number of hydrogen-bond donors (Lipinski definition) is 2. The van der Waals surface area contributed by atoms with E-state index in [1.165, 1.54) is 5.56 Å². The largest absolute Gasteiger partial charge is 0.382 e. The molecule has 2 rings (SSSR count). The molecule has 3 heteroatoms. The van der Waals surface area contributed by atoms with Crippen molar-refractivity contribution in [2.45, 2.75) is 13.8 Å². The molecular formula is C10H15N3. The summed E-state index contributed by atoms with van der Waals surface area (Å²) in [5.41, 5.74) is 2.42. The highest BCUT2D eigenvalue weighted by molar-refractivity contribution is 5.68. The second-order valence-corrected chi connectivity index (χ2v) is 3.72. The Morgan fingerprint density at radius 1 is 1.38 bits per heavy atom. The molecule has 0 saturated heterocycles. The Balaban J connectivity index is 2.35. The molecule has 1 atom stereocenters. The molecule has 13 heavy (non-hydrogen) atoms. The van der Waals surface area contributed by atoms with Gasteiger partial charge in [0, 0.05) is 19.3 Å². The molecule has 1 aliphatic rings. The van der Waals surface area contributed by atoms with Gasteiger partial charge in [-0.25, -0.2) is 4.98 Å². The van der Waals surface area contributed by atoms with Crippen molar-refractivity contribution >= 4 is 11.5 Å². The number of nitrogens with zero attached hydrogens (tertiary/aromatic N) is 1. The molecule has 0 spiro atoms. The predicted molar refractivity (Wildman–Crippen MR) is 55.1 cm³/mol. The summed E-state index contributed by atoms with van der Waals surface area (Å²) in [6.07, 6.45) is 1.85. The molecule has 0 bridgehead atoms. The molecule has 0 radical (unpaired) electrons. The van der Waals surface area contributed by atoms with Crippen LogP contribution in [0.2, 0.25) is 0 Å². The zero-order valence-corrected chi connectivity index (χ0v) is 8.09. The van der Waals surface area contributed by atoms with Crippen LogP contribution in [0.4, 0.5) is 11.5 Å². The van der Waals surface area contributed by atoms with Gasteiger partial charge < -0.3 is 10.6 Å². The van der Waals surface area contributed by atoms with E-state index < -0.39 is 0 Å². The lowest BCUT2D eigenvalue weighted by molar-refractivity contribution is 0.656. The normalized spacial score (nSPS) is 20.9. The first-order valence-corrected chi connectivity index (χ1v) is 4.70. The van der Waals surface area contributed by atoms with E-state index in [0.29, 0.717) is 5.92 Å². The molecule has 0 aliphatic carbocycles. The van der Waals surface area contributed by atoms with Crippen LogP contribution in [-0.2, 0) is 0 Å². The molecular weight excluding hydrogens is 162 g/mol. The lowest BCUT2D eigenvalue weighted by Gasteiger charge is -2.09. The van der Waals surface area contributed by atoms with Crippen LogP contribution in [0.25, 0.3) is 0 Å². The first-order valence-electron chi connectivity index (χ1n) is 4.70. The first kappa shape index (κ1) is 8.35. The van der Waals surface area contributed by atoms with Gasteiger partial charge in [0.2, 0.25) is 0 Å². The molecule has 0 fully saturated rings. The summed E-state index contributed by atoms with van der Waals surface area (Å²) in [6, 6.07) is 2.03. The maximum Gasteiger partial charge on any atom is 0.149 e. The third-order valence-corrected chi connectivity index (χ3v) is 2.40. The van der Waals surface area contributed by atoms with E-state index in [9.17, 15) is 0 Å². The van der Waals surface area contributed by atoms with Crippen LogP contribution in [0.5, 0.6) is 0 Å². The lowest BCUT2D eigenvalue weighted by atomic mass is 10.2. The first-order chi connectivity index (χ1) is 6.27. The van der Waals surface area contributed by atoms with E-state index in [-0.39, 0.29) is 0 Å². The maximum absolute atomic E-state index is 4.30. The summed E-state index contributed by atoms with van der Waals surface area (Å²) in [7, 11) is 0. The van der Waals surface area contributed by atoms with Crippen molar-refractivity contribution in [3.63, 3.8) is 0 Å². The van der Waals surface area contributed by atoms with Crippen LogP contribution in [0.1, 0.15) is 12.5 Å². The van der Waals surface area contributed by atoms with Crippen molar-refractivity contribution < 1.29 is 0 Å². The molecule has 0 aromatic carbocycles. The Morgan fingerprint density at radius 2 is 2.15 bits per heavy atom. The molecule has 3 nitrogen and oxygen atoms in total. The number of fused-ring (bicyclic) bond motifs is 1. The van der Waals surface area contributed by atoms with Crippen molar-refractivity contribution in [2.24, 2.45) is 5.92 Å². The zero-order chi connectivity index (χ0) is 9.26. The highest BCUT2D eigenvalue weighted by Crippen LogP contribution is 2.25. The Kier molecular flexibility index (Phi) is 2.08. The fraction of sp³-hybridized carbons (Fsp3) is 0.500. The van der Waals surface area contributed by atoms with Crippen molar-refractivity contribution in [1.29, 1.82) is 0 Å². The minimum atomic E-state index is 0.647. The minimum Gasteiger partial charge on any atom is -0.382 e. The van der Waals surface area contributed by atoms with Gasteiger partial charge in [-0.05, 0) is 24.5 Å². The Bertz CT molecular complexity index is 309. The molecule has 2 N–H and O–H groups in total. The van der Waals surface area contributed by atoms with Crippen LogP contribution in [0, 0.1) is 12.8 Å². The van der Waals surface area contributed by atoms with Crippen molar-refractivity contribution in [3.05, 3.63) is 17.8 Å². The van der Waals surface area contributed by atoms with Gasteiger partial charge in [-0.1, -0.05) is 6.92 Å². The van der Waals surface area contributed by atoms with Gasteiger partial charge in [0.25, 0.3) is 0 Å². The van der Waals surface area contributed by atoms with Gasteiger partial charge in [-0.15, -0.1) is 0 Å². The fourth-order valence-electron chi connectivity index (χ4n) is 1.53. The topological polar surface area (TPSA) is 37.0 Å². The zero-order valence-electron chi connectivity index (χ0n) is 8.09. The molecule has 1 aromatic heterocycles. The molecule has 1 unspecified atom stereocenters. The smallest absolute Gasteiger partial charge is 0.149 e. The standard InChI is InChI=1S/C10H15N3/c1-7-5-12-9-8(2)3-4-11-10(9)13-6-7/h3-4,7,12H,5-6H2,1-2H3,(H,11,13). The minimum absolute atomic E-state index is 0.647. The summed E-state index contributed by atoms with van der Waals surface area (Å²) in [6.45, 7) is 6.34. The average Bonchev–Trinajstić information content (AvgIpc) is 2.30. The summed E-state index contributed by atoms with van der Waals surface area (Å²) >= 11 is 0. The summed E-state index contributed by atoms with van der Waals surface area (Å²) < 4.78 is 0. The van der Waals surface area contributed by atoms with E-state index >= 15 is 0 Å². The van der Waals surface area contributed by atoms with Crippen LogP contribution < -0.4 is 10.6 Å². The van der Waals surface area contributed by atoms with E-state index in [1.807, 2.05) is 12.3 Å². The Morgan fingerprint density at radius 3 is 3.00 bits per heavy atom. The monoisotopic (exact) mass is 177 g/mol. The van der Waals surface area contributed by atoms with Crippen molar-refractivity contribution in [1.82, 2.24) is 4.98 Å². The maximum atomic E-state index is 4.30. The van der Waals surface area contributed by atoms with Crippen LogP contribution >= 0.6 is 0 Å². The van der Waals surface area contributed by atoms with Gasteiger partial charge in [0.15, 0.2) is 0 Å². The number of aryl methyl sites for hydroxylation is 1. The summed E-state index contributed by atoms with van der Waals surface area (Å²) in [5.74, 6) is 1.64. The number of pyridine rings is 1. The molecule has 1 aromatic rings. The van der Waals surface area contributed by atoms with E-state index in [1.54, 1.807) is 0 Å². The van der Waals surface area contributed by atoms with E-state index in [0.717, 1.165) is 24.6 Å². The Hall–Kier alpha value is -1.25. The average molecular weight is 177 g/mol. The summed E-state index contributed by atoms with van der Waals surface area (Å²) in [4.78, 5) is 4.30. The van der Waals surface area contributed by atoms with Crippen molar-refractivity contribution in [3.8, 4) is 0 Å². The third-order valence-electron chi connectivity index (χ3n) is 2.40. The number of nitrogens with one attached hydrogen (secondary N) is 2. The van der Waals surface area contributed by atoms with Crippen molar-refractivity contribution in [2.75, 3.05) is 23.7 Å². The van der Waals surface area contributed by atoms with E-state index in [2.05, 4.69) is 29.5 Å². The van der Waals surface area contributed by atoms with Crippen LogP contribution in [-0.4, -0.2) is 18.1 Å². The van der Waals surface area contributed by atoms with Gasteiger partial charge in [0.05, 0.1) is 5.69 Å². The lowest BCUT2D eigenvalue weighted by Crippen LogP contribution is -2.14. The molecule has 0 saturated carbocycles. The van der Waals surface area contributed by atoms with Gasteiger partial charge in [-0.3, -0.25) is 0 Å². The van der Waals surface area contributed by atoms with E-state index in [4.69, 9.17) is 0 Å². The highest BCUT2D eigenvalue weighted by atomic mass is 15.1. The third kappa shape index (κ3) is 1.59. The fourth-order valence-corrected chi connectivity index (χ4v) is 1.53. The Labute approximate surface area is 78.6 Å². The SMILES string of the molecule is Cc1ccnc2c1NCC(C)CN2. The molecule has 2 heterocycles. The number of rotatable bonds is 0. The quantitative estimate of drug-likeness (QED) is 0.635. The number of hydrogen-bond acceptors (Lipinski definition) is 3. The number of aromatic nitrogens is 1. The molecule has 70 valence electrons. The highest BCUT2D eigenvalue weighted by Gasteiger charge is 2.13. The molecule has 0 amide bonds. The van der Waals surface area contributed by atoms with Gasteiger partial charge in [-0.2, -0.15) is 0 Å². The van der Waals surface area contributed by atoms with Crippen LogP contribution in [0.3, 0.4) is 0 Å². The summed E-state index contributed by atoms with van der Waals surface area (Å²) in [5, 5.41) is 6.76. The predicted octanol–water partition coefficient (Wildman–Crippen LogP) is 1.86. The second kappa shape index (κ2) is 3.24. The van der Waals surface area contributed by atoms with Gasteiger partial charge in [0.1, 0.15) is 5.82 Å². The van der Waals surface area contributed by atoms with Crippen LogP contribution in [0.15, 0.2) is 12.3 Å².